The molecule has 4 amide bonds. The van der Waals surface area contributed by atoms with Gasteiger partial charge < -0.3 is 4.74 Å². The van der Waals surface area contributed by atoms with Crippen molar-refractivity contribution in [1.29, 1.82) is 0 Å². The van der Waals surface area contributed by atoms with Crippen molar-refractivity contribution in [2.75, 3.05) is 11.5 Å². The van der Waals surface area contributed by atoms with Gasteiger partial charge in [-0.15, -0.1) is 0 Å². The third-order valence-electron chi connectivity index (χ3n) is 4.22. The Morgan fingerprint density at radius 1 is 1.17 bits per heavy atom. The van der Waals surface area contributed by atoms with Crippen LogP contribution in [0.5, 0.6) is 0 Å². The maximum atomic E-state index is 12.8. The van der Waals surface area contributed by atoms with Gasteiger partial charge in [-0.25, -0.2) is 14.5 Å². The van der Waals surface area contributed by atoms with Crippen LogP contribution < -0.4 is 10.2 Å². The van der Waals surface area contributed by atoms with E-state index in [0.717, 1.165) is 16.7 Å². The van der Waals surface area contributed by atoms with Gasteiger partial charge in [0.25, 0.3) is 5.91 Å². The zero-order chi connectivity index (χ0) is 21.0. The molecule has 2 aromatic carbocycles. The van der Waals surface area contributed by atoms with Crippen LogP contribution in [-0.2, 0) is 14.3 Å². The quantitative estimate of drug-likeness (QED) is 0.478. The van der Waals surface area contributed by atoms with Gasteiger partial charge >= 0.3 is 12.0 Å². The SMILES string of the molecule is CCOC(=O)c1cccc(N=C[C@H]2C(=O)NC(=O)N(c3ccc(C)cc3)C2=O)c1. The van der Waals surface area contributed by atoms with Gasteiger partial charge in [0, 0.05) is 6.21 Å². The van der Waals surface area contributed by atoms with E-state index in [0.29, 0.717) is 16.9 Å². The number of carbonyl (C=O) groups excluding carboxylic acids is 4. The van der Waals surface area contributed by atoms with Crippen molar-refractivity contribution in [3.63, 3.8) is 0 Å². The van der Waals surface area contributed by atoms with E-state index < -0.39 is 29.7 Å². The van der Waals surface area contributed by atoms with Crippen molar-refractivity contribution in [3.8, 4) is 0 Å². The third-order valence-corrected chi connectivity index (χ3v) is 4.22. The number of nitrogens with zero attached hydrogens (tertiary/aromatic N) is 2. The summed E-state index contributed by atoms with van der Waals surface area (Å²) in [6.07, 6.45) is 1.16. The highest BCUT2D eigenvalue weighted by Crippen LogP contribution is 2.22. The molecule has 1 fully saturated rings. The fourth-order valence-electron chi connectivity index (χ4n) is 2.75. The Morgan fingerprint density at radius 3 is 2.59 bits per heavy atom. The summed E-state index contributed by atoms with van der Waals surface area (Å²) in [5.74, 6) is -3.23. The number of carbonyl (C=O) groups is 4. The van der Waals surface area contributed by atoms with Gasteiger partial charge in [0.15, 0.2) is 5.92 Å². The summed E-state index contributed by atoms with van der Waals surface area (Å²) >= 11 is 0. The number of barbiturate groups is 1. The second-order valence-corrected chi connectivity index (χ2v) is 6.33. The Bertz CT molecular complexity index is 998. The summed E-state index contributed by atoms with van der Waals surface area (Å²) < 4.78 is 4.94. The minimum atomic E-state index is -1.28. The van der Waals surface area contributed by atoms with Gasteiger partial charge in [-0.2, -0.15) is 0 Å². The first-order valence-electron chi connectivity index (χ1n) is 8.97. The van der Waals surface area contributed by atoms with Gasteiger partial charge in [-0.05, 0) is 44.2 Å². The normalized spacial score (nSPS) is 16.8. The van der Waals surface area contributed by atoms with Crippen molar-refractivity contribution in [2.45, 2.75) is 13.8 Å². The number of ether oxygens (including phenoxy) is 1. The molecule has 0 radical (unpaired) electrons. The number of urea groups is 1. The van der Waals surface area contributed by atoms with E-state index in [1.54, 1.807) is 49.4 Å². The molecule has 0 bridgehead atoms. The number of aryl methyl sites for hydroxylation is 1. The van der Waals surface area contributed by atoms with E-state index in [4.69, 9.17) is 4.74 Å². The number of benzene rings is 2. The minimum Gasteiger partial charge on any atom is -0.462 e. The molecule has 0 spiro atoms. The van der Waals surface area contributed by atoms with Gasteiger partial charge in [0.05, 0.1) is 23.5 Å². The molecule has 0 saturated carbocycles. The molecule has 8 heteroatoms. The van der Waals surface area contributed by atoms with Crippen LogP contribution in [0.1, 0.15) is 22.8 Å². The zero-order valence-corrected chi connectivity index (χ0v) is 15.9. The van der Waals surface area contributed by atoms with Gasteiger partial charge in [-0.3, -0.25) is 19.9 Å². The highest BCUT2D eigenvalue weighted by Gasteiger charge is 2.40. The summed E-state index contributed by atoms with van der Waals surface area (Å²) in [4.78, 5) is 54.0. The number of imide groups is 2. The number of amides is 4. The van der Waals surface area contributed by atoms with Crippen molar-refractivity contribution < 1.29 is 23.9 Å². The summed E-state index contributed by atoms with van der Waals surface area (Å²) in [6.45, 7) is 3.82. The highest BCUT2D eigenvalue weighted by atomic mass is 16.5. The van der Waals surface area contributed by atoms with Gasteiger partial charge in [0.1, 0.15) is 0 Å². The van der Waals surface area contributed by atoms with E-state index in [-0.39, 0.29) is 6.61 Å². The first-order valence-corrected chi connectivity index (χ1v) is 8.97. The lowest BCUT2D eigenvalue weighted by Gasteiger charge is -2.28. The molecule has 0 unspecified atom stereocenters. The summed E-state index contributed by atoms with van der Waals surface area (Å²) in [6, 6.07) is 12.3. The minimum absolute atomic E-state index is 0.242. The maximum absolute atomic E-state index is 12.8. The van der Waals surface area contributed by atoms with Crippen LogP contribution in [0.15, 0.2) is 53.5 Å². The molecule has 1 aliphatic rings. The van der Waals surface area contributed by atoms with Crippen LogP contribution in [0, 0.1) is 12.8 Å². The molecule has 29 heavy (non-hydrogen) atoms. The smallest absolute Gasteiger partial charge is 0.338 e. The molecule has 2 aromatic rings. The van der Waals surface area contributed by atoms with Crippen molar-refractivity contribution in [2.24, 2.45) is 10.9 Å². The van der Waals surface area contributed by atoms with E-state index >= 15 is 0 Å². The Labute approximate surface area is 167 Å². The van der Waals surface area contributed by atoms with Gasteiger partial charge in [-0.1, -0.05) is 23.8 Å². The number of esters is 1. The molecule has 0 aliphatic carbocycles. The molecule has 1 N–H and O–H groups in total. The Balaban J connectivity index is 1.84. The van der Waals surface area contributed by atoms with E-state index in [1.165, 1.54) is 6.07 Å². The molecule has 1 saturated heterocycles. The summed E-state index contributed by atoms with van der Waals surface area (Å²) in [5, 5.41) is 2.17. The molecule has 1 aliphatic heterocycles. The number of aliphatic imine (C=N–C) groups is 1. The van der Waals surface area contributed by atoms with Crippen molar-refractivity contribution >= 4 is 41.4 Å². The molecular formula is C21H19N3O5. The summed E-state index contributed by atoms with van der Waals surface area (Å²) in [7, 11) is 0. The second-order valence-electron chi connectivity index (χ2n) is 6.33. The van der Waals surface area contributed by atoms with E-state index in [9.17, 15) is 19.2 Å². The zero-order valence-electron chi connectivity index (χ0n) is 15.9. The highest BCUT2D eigenvalue weighted by molar-refractivity contribution is 6.32. The predicted molar refractivity (Wildman–Crippen MR) is 106 cm³/mol. The summed E-state index contributed by atoms with van der Waals surface area (Å²) in [5.41, 5.74) is 2.00. The van der Waals surface area contributed by atoms with Crippen molar-refractivity contribution in [3.05, 3.63) is 59.7 Å². The Morgan fingerprint density at radius 2 is 1.90 bits per heavy atom. The van der Waals surface area contributed by atoms with Crippen LogP contribution in [0.25, 0.3) is 0 Å². The topological polar surface area (TPSA) is 105 Å². The second kappa shape index (κ2) is 8.47. The lowest BCUT2D eigenvalue weighted by atomic mass is 10.1. The lowest BCUT2D eigenvalue weighted by Crippen LogP contribution is -2.58. The van der Waals surface area contributed by atoms with E-state index in [1.807, 2.05) is 6.92 Å². The number of nitrogens with one attached hydrogen (secondary N) is 1. The number of anilines is 1. The number of hydrogen-bond donors (Lipinski definition) is 1. The average molecular weight is 393 g/mol. The Kier molecular flexibility index (Phi) is 5.82. The van der Waals surface area contributed by atoms with Crippen LogP contribution in [0.2, 0.25) is 0 Å². The van der Waals surface area contributed by atoms with Crippen LogP contribution >= 0.6 is 0 Å². The van der Waals surface area contributed by atoms with Crippen LogP contribution in [0.3, 0.4) is 0 Å². The van der Waals surface area contributed by atoms with Crippen LogP contribution in [-0.4, -0.2) is 36.6 Å². The average Bonchev–Trinajstić information content (AvgIpc) is 2.69. The fourth-order valence-corrected chi connectivity index (χ4v) is 2.75. The predicted octanol–water partition coefficient (Wildman–Crippen LogP) is 2.77. The molecule has 1 atom stereocenters. The first-order chi connectivity index (χ1) is 13.9. The third kappa shape index (κ3) is 4.37. The first kappa shape index (κ1) is 19.9. The van der Waals surface area contributed by atoms with E-state index in [2.05, 4.69) is 10.3 Å². The molecular weight excluding hydrogens is 374 g/mol. The molecule has 1 heterocycles. The molecule has 0 aromatic heterocycles. The standard InChI is InChI=1S/C21H19N3O5/c1-3-29-20(27)14-5-4-6-15(11-14)22-12-17-18(25)23-21(28)24(19(17)26)16-9-7-13(2)8-10-16/h4-12,17H,3H2,1-2H3,(H,23,25,28)/t17-/m0/s1. The molecule has 148 valence electrons. The maximum Gasteiger partial charge on any atom is 0.338 e. The van der Waals surface area contributed by atoms with Gasteiger partial charge in [0.2, 0.25) is 5.91 Å². The lowest BCUT2D eigenvalue weighted by molar-refractivity contribution is -0.131. The number of hydrogen-bond acceptors (Lipinski definition) is 6. The largest absolute Gasteiger partial charge is 0.462 e. The van der Waals surface area contributed by atoms with Crippen molar-refractivity contribution in [1.82, 2.24) is 5.32 Å². The Hall–Kier alpha value is -3.81. The van der Waals surface area contributed by atoms with Crippen LogP contribution in [0.4, 0.5) is 16.2 Å². The molecule has 8 nitrogen and oxygen atoms in total. The number of rotatable bonds is 5. The monoisotopic (exact) mass is 393 g/mol. The molecule has 3 rings (SSSR count). The fraction of sp³-hybridized carbons (Fsp3) is 0.190.